The van der Waals surface area contributed by atoms with Crippen LogP contribution in [0, 0.1) is 5.82 Å². The molecular weight excluding hydrogens is 513 g/mol. The van der Waals surface area contributed by atoms with Crippen LogP contribution in [0.3, 0.4) is 0 Å². The number of likely N-dealkylation sites (tertiary alicyclic amines) is 1. The molecule has 2 heterocycles. The van der Waals surface area contributed by atoms with Gasteiger partial charge in [-0.3, -0.25) is 4.79 Å². The summed E-state index contributed by atoms with van der Waals surface area (Å²) in [6.07, 6.45) is 5.93. The molecule has 8 nitrogen and oxygen atoms in total. The molecule has 0 radical (unpaired) electrons. The van der Waals surface area contributed by atoms with Gasteiger partial charge in [0.2, 0.25) is 0 Å². The third-order valence-corrected chi connectivity index (χ3v) is 6.31. The zero-order chi connectivity index (χ0) is 30.3. The summed E-state index contributed by atoms with van der Waals surface area (Å²) < 4.78 is 23.8. The number of nitrogens with zero attached hydrogens (tertiary/aromatic N) is 2. The van der Waals surface area contributed by atoms with E-state index in [2.05, 4.69) is 38.0 Å². The maximum absolute atomic E-state index is 12.7. The average molecular weight is 562 g/mol. The Balaban J connectivity index is 0.000000574. The van der Waals surface area contributed by atoms with Crippen molar-refractivity contribution in [1.82, 2.24) is 10.2 Å². The lowest BCUT2D eigenvalue weighted by Crippen LogP contribution is -2.35. The minimum atomic E-state index is -0.229. The SMILES string of the molecule is C=O.C=O.CCNCCC(CC)Oc1ccc(F)cc1.CCc1ccc2c(c1)N(C)C(=O)CO2.CN1CCCC1. The maximum Gasteiger partial charge on any atom is 0.264 e. The van der Waals surface area contributed by atoms with Gasteiger partial charge in [0.15, 0.2) is 6.61 Å². The van der Waals surface area contributed by atoms with E-state index in [0.29, 0.717) is 0 Å². The summed E-state index contributed by atoms with van der Waals surface area (Å²) in [6, 6.07) is 12.2. The number of likely N-dealkylation sites (N-methyl/N-ethyl adjacent to an activating group) is 1. The number of carbonyl (C=O) groups excluding carboxylic acids is 3. The molecule has 1 fully saturated rings. The fourth-order valence-electron chi connectivity index (χ4n) is 3.90. The van der Waals surface area contributed by atoms with E-state index >= 15 is 0 Å². The fourth-order valence-corrected chi connectivity index (χ4v) is 3.90. The van der Waals surface area contributed by atoms with Crippen LogP contribution in [0.2, 0.25) is 0 Å². The molecule has 2 aromatic carbocycles. The summed E-state index contributed by atoms with van der Waals surface area (Å²) in [6.45, 7) is 15.0. The summed E-state index contributed by atoms with van der Waals surface area (Å²) in [5.74, 6) is 1.31. The second kappa shape index (κ2) is 22.5. The maximum atomic E-state index is 12.7. The number of carbonyl (C=O) groups is 3. The molecule has 2 aromatic rings. The molecule has 1 N–H and O–H groups in total. The van der Waals surface area contributed by atoms with Gasteiger partial charge in [-0.05, 0) is 107 Å². The molecule has 0 bridgehead atoms. The predicted molar refractivity (Wildman–Crippen MR) is 160 cm³/mol. The van der Waals surface area contributed by atoms with Gasteiger partial charge in [0.1, 0.15) is 30.9 Å². The topological polar surface area (TPSA) is 88.2 Å². The van der Waals surface area contributed by atoms with Crippen molar-refractivity contribution in [3.63, 3.8) is 0 Å². The van der Waals surface area contributed by atoms with E-state index in [1.165, 1.54) is 43.6 Å². The van der Waals surface area contributed by atoms with E-state index in [9.17, 15) is 9.18 Å². The van der Waals surface area contributed by atoms with Crippen molar-refractivity contribution in [3.05, 3.63) is 53.8 Å². The molecule has 40 heavy (non-hydrogen) atoms. The van der Waals surface area contributed by atoms with Crippen LogP contribution in [0.25, 0.3) is 0 Å². The summed E-state index contributed by atoms with van der Waals surface area (Å²) in [5.41, 5.74) is 2.09. The van der Waals surface area contributed by atoms with Crippen molar-refractivity contribution in [3.8, 4) is 11.5 Å². The number of benzene rings is 2. The molecule has 1 unspecified atom stereocenters. The molecule has 224 valence electrons. The van der Waals surface area contributed by atoms with Crippen molar-refractivity contribution in [2.24, 2.45) is 0 Å². The van der Waals surface area contributed by atoms with Gasteiger partial charge in [0.05, 0.1) is 11.8 Å². The number of hydrogen-bond donors (Lipinski definition) is 1. The van der Waals surface area contributed by atoms with Crippen molar-refractivity contribution in [1.29, 1.82) is 0 Å². The highest BCUT2D eigenvalue weighted by Gasteiger charge is 2.21. The summed E-state index contributed by atoms with van der Waals surface area (Å²) in [7, 11) is 3.95. The van der Waals surface area contributed by atoms with Crippen LogP contribution < -0.4 is 19.7 Å². The molecule has 0 spiro atoms. The first-order chi connectivity index (χ1) is 19.4. The number of hydrogen-bond acceptors (Lipinski definition) is 7. The molecule has 0 saturated carbocycles. The van der Waals surface area contributed by atoms with E-state index in [0.717, 1.165) is 49.5 Å². The summed E-state index contributed by atoms with van der Waals surface area (Å²) >= 11 is 0. The molecule has 9 heteroatoms. The lowest BCUT2D eigenvalue weighted by Gasteiger charge is -2.26. The van der Waals surface area contributed by atoms with E-state index in [1.807, 2.05) is 31.8 Å². The van der Waals surface area contributed by atoms with Crippen molar-refractivity contribution < 1.29 is 28.2 Å². The van der Waals surface area contributed by atoms with Crippen molar-refractivity contribution >= 4 is 25.2 Å². The Morgan fingerprint density at radius 3 is 2.12 bits per heavy atom. The first-order valence-electron chi connectivity index (χ1n) is 13.8. The van der Waals surface area contributed by atoms with E-state index in [-0.39, 0.29) is 24.4 Å². The van der Waals surface area contributed by atoms with Gasteiger partial charge in [0, 0.05) is 7.05 Å². The number of aryl methyl sites for hydroxylation is 1. The van der Waals surface area contributed by atoms with Gasteiger partial charge in [-0.15, -0.1) is 0 Å². The molecule has 0 aromatic heterocycles. The molecule has 0 aliphatic carbocycles. The van der Waals surface area contributed by atoms with Gasteiger partial charge in [0.25, 0.3) is 5.91 Å². The number of rotatable bonds is 8. The molecule has 1 saturated heterocycles. The zero-order valence-corrected chi connectivity index (χ0v) is 24.9. The number of anilines is 1. The highest BCUT2D eigenvalue weighted by molar-refractivity contribution is 5.97. The van der Waals surface area contributed by atoms with Crippen LogP contribution in [0.1, 0.15) is 52.0 Å². The summed E-state index contributed by atoms with van der Waals surface area (Å²) in [4.78, 5) is 31.4. The predicted octanol–water partition coefficient (Wildman–Crippen LogP) is 4.93. The molecule has 2 aliphatic heterocycles. The Bertz CT molecular complexity index is 937. The number of nitrogens with one attached hydrogen (secondary N) is 1. The van der Waals surface area contributed by atoms with Gasteiger partial charge >= 0.3 is 0 Å². The monoisotopic (exact) mass is 561 g/mol. The smallest absolute Gasteiger partial charge is 0.264 e. The highest BCUT2D eigenvalue weighted by atomic mass is 19.1. The Hall–Kier alpha value is -3.30. The first kappa shape index (κ1) is 36.7. The summed E-state index contributed by atoms with van der Waals surface area (Å²) in [5, 5.41) is 3.27. The van der Waals surface area contributed by atoms with Crippen LogP contribution in [0.5, 0.6) is 11.5 Å². The Morgan fingerprint density at radius 2 is 1.62 bits per heavy atom. The molecule has 1 amide bonds. The van der Waals surface area contributed by atoms with Gasteiger partial charge in [-0.2, -0.15) is 0 Å². The lowest BCUT2D eigenvalue weighted by molar-refractivity contribution is -0.121. The van der Waals surface area contributed by atoms with E-state index in [1.54, 1.807) is 24.1 Å². The van der Waals surface area contributed by atoms with E-state index < -0.39 is 0 Å². The number of halogens is 1. The van der Waals surface area contributed by atoms with Crippen LogP contribution >= 0.6 is 0 Å². The number of ether oxygens (including phenoxy) is 2. The van der Waals surface area contributed by atoms with Crippen LogP contribution in [0.15, 0.2) is 42.5 Å². The van der Waals surface area contributed by atoms with Crippen LogP contribution in [0.4, 0.5) is 10.1 Å². The van der Waals surface area contributed by atoms with Gasteiger partial charge in [-0.1, -0.05) is 26.8 Å². The van der Waals surface area contributed by atoms with Crippen LogP contribution in [-0.4, -0.2) is 77.4 Å². The number of amides is 1. The van der Waals surface area contributed by atoms with Crippen LogP contribution in [-0.2, 0) is 20.8 Å². The fraction of sp³-hybridized carbons (Fsp3) is 0.516. The third-order valence-electron chi connectivity index (χ3n) is 6.31. The molecule has 2 aliphatic rings. The highest BCUT2D eigenvalue weighted by Crippen LogP contribution is 2.31. The van der Waals surface area contributed by atoms with Gasteiger partial charge < -0.3 is 34.2 Å². The molecule has 4 rings (SSSR count). The Morgan fingerprint density at radius 1 is 1.00 bits per heavy atom. The lowest BCUT2D eigenvalue weighted by atomic mass is 10.1. The second-order valence-corrected chi connectivity index (χ2v) is 9.15. The average Bonchev–Trinajstić information content (AvgIpc) is 3.49. The zero-order valence-electron chi connectivity index (χ0n) is 24.9. The number of fused-ring (bicyclic) bond motifs is 1. The Labute approximate surface area is 239 Å². The second-order valence-electron chi connectivity index (χ2n) is 9.15. The van der Waals surface area contributed by atoms with Crippen molar-refractivity contribution in [2.75, 3.05) is 51.8 Å². The minimum Gasteiger partial charge on any atom is -0.490 e. The largest absolute Gasteiger partial charge is 0.490 e. The first-order valence-corrected chi connectivity index (χ1v) is 13.8. The van der Waals surface area contributed by atoms with Gasteiger partial charge in [-0.25, -0.2) is 4.39 Å². The third kappa shape index (κ3) is 14.2. The Kier molecular flexibility index (Phi) is 20.7. The standard InChI is InChI=1S/C13H20FNO.C11H13NO2.C5H11N.2CH2O/c1-3-12(9-10-15-4-2)16-13-7-5-11(14)6-8-13;1-3-8-4-5-10-9(6-8)12(2)11(13)7-14-10;1-6-4-2-3-5-6;2*1-2/h5-8,12,15H,3-4,9-10H2,1-2H3;4-6H,3,7H2,1-2H3;2-5H2,1H3;2*1H2. The van der Waals surface area contributed by atoms with Crippen molar-refractivity contribution in [2.45, 2.75) is 59.0 Å². The minimum absolute atomic E-state index is 0.00533. The normalized spacial score (nSPS) is 14.2. The molecular formula is C31H48FN3O5. The quantitative estimate of drug-likeness (QED) is 0.457. The van der Waals surface area contributed by atoms with E-state index in [4.69, 9.17) is 19.1 Å². The molecule has 1 atom stereocenters.